The van der Waals surface area contributed by atoms with Crippen LogP contribution in [0.25, 0.3) is 5.69 Å². The number of nitrogens with one attached hydrogen (secondary N) is 1. The first-order valence-electron chi connectivity index (χ1n) is 13.2. The highest BCUT2D eigenvalue weighted by molar-refractivity contribution is 7.87. The zero-order chi connectivity index (χ0) is 29.4. The number of nitro groups is 1. The van der Waals surface area contributed by atoms with Crippen LogP contribution in [0.3, 0.4) is 0 Å². The molecule has 1 aromatic heterocycles. The first kappa shape index (κ1) is 29.0. The molecule has 1 aliphatic carbocycles. The Labute approximate surface area is 242 Å². The fraction of sp³-hybridized carbons (Fsp3) is 0.407. The summed E-state index contributed by atoms with van der Waals surface area (Å²) in [5.41, 5.74) is 1.72. The molecule has 0 spiro atoms. The van der Waals surface area contributed by atoms with Gasteiger partial charge in [0.1, 0.15) is 5.69 Å². The van der Waals surface area contributed by atoms with Crippen LogP contribution in [0.4, 0.5) is 11.4 Å². The topological polar surface area (TPSA) is 140 Å². The summed E-state index contributed by atoms with van der Waals surface area (Å²) in [7, 11) is -3.82. The molecule has 1 saturated carbocycles. The number of benzene rings is 2. The van der Waals surface area contributed by atoms with Crippen LogP contribution in [0.15, 0.2) is 53.5 Å². The van der Waals surface area contributed by atoms with E-state index >= 15 is 0 Å². The molecule has 2 fully saturated rings. The van der Waals surface area contributed by atoms with E-state index in [2.05, 4.69) is 16.7 Å². The average molecular weight is 603 g/mol. The maximum Gasteiger partial charge on any atom is 0.316 e. The standard InChI is InChI=1S/C27H31ClN6O6S/c1-19-14-20(6-7-23(19)34(36)37)16-30-41(38,39)32-12-10-31(11-13-32)24-17-29-33(22-5-3-4-21(28)15-22)26(35)25(24)40-18-27(2)8-9-27/h3-7,14-15,17,30H,8-13,16,18H2,1-2H3. The molecule has 2 heterocycles. The van der Waals surface area contributed by atoms with Gasteiger partial charge in [0.25, 0.3) is 15.9 Å². The van der Waals surface area contributed by atoms with Gasteiger partial charge in [0, 0.05) is 54.8 Å². The largest absolute Gasteiger partial charge is 0.486 e. The fourth-order valence-corrected chi connectivity index (χ4v) is 6.01. The molecule has 14 heteroatoms. The Morgan fingerprint density at radius 3 is 2.51 bits per heavy atom. The molecule has 41 heavy (non-hydrogen) atoms. The summed E-state index contributed by atoms with van der Waals surface area (Å²) in [5.74, 6) is 0.177. The summed E-state index contributed by atoms with van der Waals surface area (Å²) in [4.78, 5) is 26.0. The monoisotopic (exact) mass is 602 g/mol. The highest BCUT2D eigenvalue weighted by atomic mass is 35.5. The number of aromatic nitrogens is 2. The van der Waals surface area contributed by atoms with Crippen molar-refractivity contribution in [3.05, 3.63) is 85.3 Å². The third kappa shape index (κ3) is 6.53. The van der Waals surface area contributed by atoms with Gasteiger partial charge in [-0.3, -0.25) is 14.9 Å². The summed E-state index contributed by atoms with van der Waals surface area (Å²) in [6, 6.07) is 11.3. The molecule has 2 aromatic carbocycles. The lowest BCUT2D eigenvalue weighted by Crippen LogP contribution is -2.52. The van der Waals surface area contributed by atoms with Crippen LogP contribution < -0.4 is 19.9 Å². The van der Waals surface area contributed by atoms with E-state index in [-0.39, 0.29) is 36.5 Å². The number of halogens is 1. The van der Waals surface area contributed by atoms with Gasteiger partial charge >= 0.3 is 5.56 Å². The quantitative estimate of drug-likeness (QED) is 0.275. The first-order chi connectivity index (χ1) is 19.5. The SMILES string of the molecule is Cc1cc(CNS(=O)(=O)N2CCN(c3cnn(-c4cccc(Cl)c4)c(=O)c3OCC3(C)CC3)CC2)ccc1[N+](=O)[O-]. The second-order valence-electron chi connectivity index (χ2n) is 10.7. The molecule has 0 unspecified atom stereocenters. The summed E-state index contributed by atoms with van der Waals surface area (Å²) >= 11 is 6.14. The molecular weight excluding hydrogens is 572 g/mol. The summed E-state index contributed by atoms with van der Waals surface area (Å²) in [5, 5.41) is 15.9. The van der Waals surface area contributed by atoms with Gasteiger partial charge in [0.2, 0.25) is 5.75 Å². The van der Waals surface area contributed by atoms with Crippen molar-refractivity contribution in [2.75, 3.05) is 37.7 Å². The van der Waals surface area contributed by atoms with E-state index in [1.165, 1.54) is 21.1 Å². The fourth-order valence-electron chi connectivity index (χ4n) is 4.65. The number of nitrogens with zero attached hydrogens (tertiary/aromatic N) is 5. The van der Waals surface area contributed by atoms with E-state index < -0.39 is 20.7 Å². The van der Waals surface area contributed by atoms with Crippen LogP contribution >= 0.6 is 11.6 Å². The first-order valence-corrected chi connectivity index (χ1v) is 15.0. The highest BCUT2D eigenvalue weighted by Crippen LogP contribution is 2.45. The molecule has 3 aromatic rings. The van der Waals surface area contributed by atoms with Gasteiger partial charge in [0.05, 0.1) is 23.4 Å². The molecule has 0 amide bonds. The number of piperazine rings is 1. The van der Waals surface area contributed by atoms with Crippen molar-refractivity contribution in [1.29, 1.82) is 0 Å². The summed E-state index contributed by atoms with van der Waals surface area (Å²) < 4.78 is 37.3. The van der Waals surface area contributed by atoms with E-state index in [1.807, 2.05) is 4.90 Å². The normalized spacial score (nSPS) is 16.9. The Balaban J connectivity index is 1.30. The van der Waals surface area contributed by atoms with E-state index in [0.717, 1.165) is 12.8 Å². The minimum Gasteiger partial charge on any atom is -0.486 e. The van der Waals surface area contributed by atoms with Crippen LogP contribution in [0.1, 0.15) is 30.9 Å². The Morgan fingerprint density at radius 2 is 1.88 bits per heavy atom. The van der Waals surface area contributed by atoms with Crippen LogP contribution in [-0.4, -0.2) is 60.2 Å². The lowest BCUT2D eigenvalue weighted by Gasteiger charge is -2.35. The molecule has 0 bridgehead atoms. The Bertz CT molecular complexity index is 1630. The van der Waals surface area contributed by atoms with Crippen molar-refractivity contribution in [3.63, 3.8) is 0 Å². The molecule has 12 nitrogen and oxygen atoms in total. The van der Waals surface area contributed by atoms with Crippen LogP contribution in [0, 0.1) is 22.5 Å². The maximum atomic E-state index is 13.6. The highest BCUT2D eigenvalue weighted by Gasteiger charge is 2.39. The van der Waals surface area contributed by atoms with Gasteiger partial charge in [-0.05, 0) is 49.6 Å². The smallest absolute Gasteiger partial charge is 0.316 e. The Hall–Kier alpha value is -3.52. The summed E-state index contributed by atoms with van der Waals surface area (Å²) in [6.45, 7) is 5.14. The molecule has 1 saturated heterocycles. The number of anilines is 1. The maximum absolute atomic E-state index is 13.6. The number of aryl methyl sites for hydroxylation is 1. The number of nitro benzene ring substituents is 1. The third-order valence-electron chi connectivity index (χ3n) is 7.47. The molecule has 218 valence electrons. The molecular formula is C27H31ClN6O6S. The minimum absolute atomic E-state index is 0.00376. The predicted molar refractivity (Wildman–Crippen MR) is 155 cm³/mol. The van der Waals surface area contributed by atoms with E-state index in [1.54, 1.807) is 43.5 Å². The van der Waals surface area contributed by atoms with Crippen LogP contribution in [0.2, 0.25) is 5.02 Å². The third-order valence-corrected chi connectivity index (χ3v) is 9.26. The molecule has 0 radical (unpaired) electrons. The second-order valence-corrected chi connectivity index (χ2v) is 12.9. The van der Waals surface area contributed by atoms with Crippen LogP contribution in [0.5, 0.6) is 5.75 Å². The van der Waals surface area contributed by atoms with Gasteiger partial charge < -0.3 is 9.64 Å². The number of rotatable bonds is 10. The predicted octanol–water partition coefficient (Wildman–Crippen LogP) is 3.44. The Morgan fingerprint density at radius 1 is 1.15 bits per heavy atom. The molecule has 1 aliphatic heterocycles. The zero-order valence-corrected chi connectivity index (χ0v) is 24.3. The molecule has 2 aliphatic rings. The second kappa shape index (κ2) is 11.4. The lowest BCUT2D eigenvalue weighted by molar-refractivity contribution is -0.385. The van der Waals surface area contributed by atoms with Crippen molar-refractivity contribution in [1.82, 2.24) is 18.8 Å². The van der Waals surface area contributed by atoms with Gasteiger partial charge in [-0.2, -0.15) is 27.2 Å². The van der Waals surface area contributed by atoms with E-state index in [4.69, 9.17) is 16.3 Å². The van der Waals surface area contributed by atoms with Gasteiger partial charge in [-0.15, -0.1) is 0 Å². The number of ether oxygens (including phenoxy) is 1. The molecule has 0 atom stereocenters. The number of hydrogen-bond donors (Lipinski definition) is 1. The van der Waals surface area contributed by atoms with Crippen molar-refractivity contribution >= 4 is 33.2 Å². The van der Waals surface area contributed by atoms with Gasteiger partial charge in [0.15, 0.2) is 0 Å². The van der Waals surface area contributed by atoms with Crippen molar-refractivity contribution < 1.29 is 18.1 Å². The molecule has 5 rings (SSSR count). The minimum atomic E-state index is -3.82. The average Bonchev–Trinajstić information content (AvgIpc) is 3.68. The van der Waals surface area contributed by atoms with Crippen molar-refractivity contribution in [2.45, 2.75) is 33.2 Å². The van der Waals surface area contributed by atoms with Crippen LogP contribution in [-0.2, 0) is 16.8 Å². The zero-order valence-electron chi connectivity index (χ0n) is 22.7. The van der Waals surface area contributed by atoms with Gasteiger partial charge in [-0.1, -0.05) is 30.7 Å². The van der Waals surface area contributed by atoms with Gasteiger partial charge in [-0.25, -0.2) is 0 Å². The lowest BCUT2D eigenvalue weighted by atomic mass is 10.1. The summed E-state index contributed by atoms with van der Waals surface area (Å²) in [6.07, 6.45) is 3.63. The molecule has 1 N–H and O–H groups in total. The number of hydrogen-bond acceptors (Lipinski definition) is 8. The van der Waals surface area contributed by atoms with Crippen molar-refractivity contribution in [2.24, 2.45) is 5.41 Å². The van der Waals surface area contributed by atoms with E-state index in [9.17, 15) is 23.3 Å². The Kier molecular flexibility index (Phi) is 8.06. The van der Waals surface area contributed by atoms with E-state index in [0.29, 0.717) is 47.2 Å². The van der Waals surface area contributed by atoms with Crippen molar-refractivity contribution in [3.8, 4) is 11.4 Å².